The highest BCUT2D eigenvalue weighted by molar-refractivity contribution is 5.66. The number of ether oxygens (including phenoxy) is 6. The number of rotatable bonds is 5. The molecule has 36 heavy (non-hydrogen) atoms. The molecule has 0 spiro atoms. The van der Waals surface area contributed by atoms with Gasteiger partial charge in [-0.1, -0.05) is 20.8 Å². The van der Waals surface area contributed by atoms with Crippen LogP contribution in [0.25, 0.3) is 0 Å². The van der Waals surface area contributed by atoms with Crippen molar-refractivity contribution in [3.05, 3.63) is 12.0 Å². The summed E-state index contributed by atoms with van der Waals surface area (Å²) in [5, 5.41) is 52.4. The maximum Gasteiger partial charge on any atom is 0.303 e. The highest BCUT2D eigenvalue weighted by atomic mass is 16.7. The Morgan fingerprint density at radius 3 is 2.00 bits per heavy atom. The van der Waals surface area contributed by atoms with Gasteiger partial charge in [0.25, 0.3) is 5.95 Å². The van der Waals surface area contributed by atoms with Gasteiger partial charge in [0.1, 0.15) is 30.5 Å². The second kappa shape index (κ2) is 11.1. The van der Waals surface area contributed by atoms with E-state index in [-0.39, 0.29) is 17.3 Å². The van der Waals surface area contributed by atoms with Crippen LogP contribution in [0.1, 0.15) is 48.5 Å². The van der Waals surface area contributed by atoms with Crippen molar-refractivity contribution >= 4 is 5.97 Å². The first-order chi connectivity index (χ1) is 16.6. The standard InChI is InChI=1S/C24H40O12/c1-9-15(26)13(24(5,6)7)8-14(31-9)35-20-17(28)11(3)33-23(21(20)34-12(4)25)36-19-16(27)10(2)32-22(30)18(19)29/h8-11,13,15-23,26-30H,1-7H3. The first-order valence-electron chi connectivity index (χ1n) is 12.2. The minimum atomic E-state index is -1.63. The monoisotopic (exact) mass is 520 g/mol. The SMILES string of the molecule is CC(=O)OC1C(OC2C(O)C(C)OC(O)C2O)OC(C)C(O)C1OC1=CC(C(C)(C)C)C(O)C(C)O1. The molecule has 0 aliphatic carbocycles. The third kappa shape index (κ3) is 6.13. The largest absolute Gasteiger partial charge is 0.460 e. The minimum Gasteiger partial charge on any atom is -0.460 e. The zero-order valence-corrected chi connectivity index (χ0v) is 21.7. The highest BCUT2D eigenvalue weighted by Gasteiger charge is 2.53. The number of aliphatic hydroxyl groups excluding tert-OH is 5. The third-order valence-electron chi connectivity index (χ3n) is 6.87. The Morgan fingerprint density at radius 1 is 0.833 bits per heavy atom. The van der Waals surface area contributed by atoms with Crippen LogP contribution in [0.4, 0.5) is 0 Å². The summed E-state index contributed by atoms with van der Waals surface area (Å²) in [4.78, 5) is 12.0. The minimum absolute atomic E-state index is 0.0388. The summed E-state index contributed by atoms with van der Waals surface area (Å²) in [6.45, 7) is 11.8. The van der Waals surface area contributed by atoms with E-state index in [1.54, 1.807) is 19.9 Å². The summed E-state index contributed by atoms with van der Waals surface area (Å²) in [7, 11) is 0. The summed E-state index contributed by atoms with van der Waals surface area (Å²) in [6, 6.07) is 0. The average Bonchev–Trinajstić information content (AvgIpc) is 2.76. The lowest BCUT2D eigenvalue weighted by atomic mass is 9.75. The lowest BCUT2D eigenvalue weighted by molar-refractivity contribution is -0.353. The van der Waals surface area contributed by atoms with Gasteiger partial charge in [0.15, 0.2) is 24.8 Å². The molecule has 0 aromatic carbocycles. The summed E-state index contributed by atoms with van der Waals surface area (Å²) < 4.78 is 33.8. The highest BCUT2D eigenvalue weighted by Crippen LogP contribution is 2.38. The van der Waals surface area contributed by atoms with E-state index in [1.165, 1.54) is 6.92 Å². The molecule has 3 heterocycles. The molecule has 0 bridgehead atoms. The number of carbonyl (C=O) groups is 1. The maximum absolute atomic E-state index is 12.0. The number of hydrogen-bond donors (Lipinski definition) is 5. The molecule has 0 radical (unpaired) electrons. The van der Waals surface area contributed by atoms with Gasteiger partial charge < -0.3 is 54.0 Å². The van der Waals surface area contributed by atoms with E-state index in [9.17, 15) is 30.3 Å². The molecule has 13 unspecified atom stereocenters. The van der Waals surface area contributed by atoms with Gasteiger partial charge in [0.05, 0.1) is 18.3 Å². The summed E-state index contributed by atoms with van der Waals surface area (Å²) in [5.41, 5.74) is -0.332. The second-order valence-corrected chi connectivity index (χ2v) is 10.9. The van der Waals surface area contributed by atoms with Crippen LogP contribution >= 0.6 is 0 Å². The number of aliphatic hydroxyl groups is 5. The maximum atomic E-state index is 12.0. The van der Waals surface area contributed by atoms with Crippen molar-refractivity contribution in [1.82, 2.24) is 0 Å². The Morgan fingerprint density at radius 2 is 1.42 bits per heavy atom. The van der Waals surface area contributed by atoms with Gasteiger partial charge in [0.2, 0.25) is 0 Å². The summed E-state index contributed by atoms with van der Waals surface area (Å²) in [5.74, 6) is -1.01. The van der Waals surface area contributed by atoms with Crippen molar-refractivity contribution in [1.29, 1.82) is 0 Å². The fourth-order valence-electron chi connectivity index (χ4n) is 4.67. The van der Waals surface area contributed by atoms with Crippen LogP contribution in [0.15, 0.2) is 12.0 Å². The lowest BCUT2D eigenvalue weighted by Gasteiger charge is -2.47. The van der Waals surface area contributed by atoms with Gasteiger partial charge in [0, 0.05) is 18.9 Å². The topological polar surface area (TPSA) is 174 Å². The zero-order valence-electron chi connectivity index (χ0n) is 21.7. The van der Waals surface area contributed by atoms with E-state index in [2.05, 4.69) is 0 Å². The van der Waals surface area contributed by atoms with E-state index in [4.69, 9.17) is 28.4 Å². The number of hydrogen-bond acceptors (Lipinski definition) is 12. The molecule has 0 aromatic rings. The second-order valence-electron chi connectivity index (χ2n) is 10.9. The first kappa shape index (κ1) is 29.1. The van der Waals surface area contributed by atoms with Crippen LogP contribution in [0.2, 0.25) is 0 Å². The van der Waals surface area contributed by atoms with Crippen molar-refractivity contribution < 1.29 is 58.7 Å². The molecule has 3 rings (SSSR count). The molecule has 12 heteroatoms. The predicted molar refractivity (Wildman–Crippen MR) is 122 cm³/mol. The molecule has 0 amide bonds. The van der Waals surface area contributed by atoms with E-state index in [1.807, 2.05) is 20.8 Å². The van der Waals surface area contributed by atoms with Crippen LogP contribution in [-0.2, 0) is 33.2 Å². The van der Waals surface area contributed by atoms with Crippen LogP contribution in [0.3, 0.4) is 0 Å². The van der Waals surface area contributed by atoms with E-state index >= 15 is 0 Å². The van der Waals surface area contributed by atoms with Crippen LogP contribution in [-0.4, -0.2) is 105 Å². The molecule has 3 aliphatic heterocycles. The van der Waals surface area contributed by atoms with Crippen LogP contribution in [0, 0.1) is 11.3 Å². The molecule has 0 aromatic heterocycles. The Kier molecular flexibility index (Phi) is 8.94. The van der Waals surface area contributed by atoms with Crippen molar-refractivity contribution in [3.63, 3.8) is 0 Å². The molecule has 208 valence electrons. The third-order valence-corrected chi connectivity index (χ3v) is 6.87. The van der Waals surface area contributed by atoms with Crippen LogP contribution < -0.4 is 0 Å². The first-order valence-corrected chi connectivity index (χ1v) is 12.2. The Bertz CT molecular complexity index is 782. The molecule has 2 fully saturated rings. The fourth-order valence-corrected chi connectivity index (χ4v) is 4.67. The molecule has 12 nitrogen and oxygen atoms in total. The van der Waals surface area contributed by atoms with E-state index in [0.29, 0.717) is 0 Å². The summed E-state index contributed by atoms with van der Waals surface area (Å²) >= 11 is 0. The van der Waals surface area contributed by atoms with Gasteiger partial charge in [-0.3, -0.25) is 4.79 Å². The lowest BCUT2D eigenvalue weighted by Crippen LogP contribution is -2.64. The van der Waals surface area contributed by atoms with E-state index < -0.39 is 79.6 Å². The zero-order chi connectivity index (χ0) is 27.1. The Balaban J connectivity index is 1.90. The fraction of sp³-hybridized carbons (Fsp3) is 0.875. The molecule has 13 atom stereocenters. The van der Waals surface area contributed by atoms with Gasteiger partial charge in [-0.2, -0.15) is 0 Å². The quantitative estimate of drug-likeness (QED) is 0.296. The van der Waals surface area contributed by atoms with Crippen molar-refractivity contribution in [2.75, 3.05) is 0 Å². The number of carbonyl (C=O) groups excluding carboxylic acids is 1. The predicted octanol–water partition coefficient (Wildman–Crippen LogP) is -0.464. The van der Waals surface area contributed by atoms with Gasteiger partial charge in [-0.25, -0.2) is 0 Å². The molecular formula is C24H40O12. The van der Waals surface area contributed by atoms with Crippen LogP contribution in [0.5, 0.6) is 0 Å². The molecule has 3 aliphatic rings. The van der Waals surface area contributed by atoms with Crippen molar-refractivity contribution in [2.45, 2.75) is 122 Å². The smallest absolute Gasteiger partial charge is 0.303 e. The van der Waals surface area contributed by atoms with Gasteiger partial charge >= 0.3 is 5.97 Å². The summed E-state index contributed by atoms with van der Waals surface area (Å²) in [6.07, 6.45) is -12.7. The van der Waals surface area contributed by atoms with Crippen molar-refractivity contribution in [2.24, 2.45) is 11.3 Å². The van der Waals surface area contributed by atoms with E-state index in [0.717, 1.165) is 6.92 Å². The van der Waals surface area contributed by atoms with Crippen molar-refractivity contribution in [3.8, 4) is 0 Å². The Labute approximate surface area is 210 Å². The molecule has 0 saturated carbocycles. The Hall–Kier alpha value is -1.51. The number of esters is 1. The normalized spacial score (nSPS) is 45.9. The molecule has 2 saturated heterocycles. The molecule has 5 N–H and O–H groups in total. The average molecular weight is 521 g/mol. The van der Waals surface area contributed by atoms with Gasteiger partial charge in [-0.15, -0.1) is 0 Å². The van der Waals surface area contributed by atoms with Gasteiger partial charge in [-0.05, 0) is 26.2 Å². The molecular weight excluding hydrogens is 480 g/mol.